The highest BCUT2D eigenvalue weighted by molar-refractivity contribution is 5.94. The smallest absolute Gasteiger partial charge is 0.246 e. The minimum atomic E-state index is -0.339. The van der Waals surface area contributed by atoms with Gasteiger partial charge >= 0.3 is 0 Å². The summed E-state index contributed by atoms with van der Waals surface area (Å²) in [6.45, 7) is 1.20. The Hall–Kier alpha value is -3.35. The third-order valence-corrected chi connectivity index (χ3v) is 5.08. The van der Waals surface area contributed by atoms with E-state index < -0.39 is 0 Å². The predicted molar refractivity (Wildman–Crippen MR) is 106 cm³/mol. The maximum atomic E-state index is 13.2. The highest BCUT2D eigenvalue weighted by Gasteiger charge is 2.27. The predicted octanol–water partition coefficient (Wildman–Crippen LogP) is 3.44. The fourth-order valence-electron chi connectivity index (χ4n) is 3.46. The van der Waals surface area contributed by atoms with Crippen LogP contribution in [0.3, 0.4) is 0 Å². The number of nitrogens with one attached hydrogen (secondary N) is 1. The number of carbonyl (C=O) groups is 2. The molecule has 2 aromatic rings. The van der Waals surface area contributed by atoms with Crippen LogP contribution in [0.2, 0.25) is 0 Å². The highest BCUT2D eigenvalue weighted by Crippen LogP contribution is 2.34. The number of hydrogen-bond acceptors (Lipinski definition) is 4. The first kappa shape index (κ1) is 19.0. The first-order valence-corrected chi connectivity index (χ1v) is 9.51. The van der Waals surface area contributed by atoms with Crippen molar-refractivity contribution in [3.05, 3.63) is 59.9 Å². The summed E-state index contributed by atoms with van der Waals surface area (Å²) in [5, 5.41) is 2.91. The van der Waals surface area contributed by atoms with Crippen LogP contribution in [-0.2, 0) is 9.59 Å². The third kappa shape index (κ3) is 4.56. The Morgan fingerprint density at radius 1 is 1.07 bits per heavy atom. The van der Waals surface area contributed by atoms with Gasteiger partial charge in [-0.05, 0) is 48.7 Å². The number of ether oxygens (including phenoxy) is 2. The van der Waals surface area contributed by atoms with Crippen LogP contribution in [0.1, 0.15) is 18.4 Å². The van der Waals surface area contributed by atoms with Crippen molar-refractivity contribution in [2.24, 2.45) is 5.92 Å². The first-order chi connectivity index (χ1) is 14.1. The molecule has 1 N–H and O–H groups in total. The van der Waals surface area contributed by atoms with Crippen molar-refractivity contribution in [1.29, 1.82) is 0 Å². The van der Waals surface area contributed by atoms with E-state index >= 15 is 0 Å². The summed E-state index contributed by atoms with van der Waals surface area (Å²) in [6, 6.07) is 11.4. The lowest BCUT2D eigenvalue weighted by molar-refractivity contribution is -0.130. The lowest BCUT2D eigenvalue weighted by Crippen LogP contribution is -2.40. The Bertz CT molecular complexity index is 952. The van der Waals surface area contributed by atoms with Gasteiger partial charge in [0.25, 0.3) is 0 Å². The van der Waals surface area contributed by atoms with Crippen LogP contribution < -0.4 is 14.8 Å². The summed E-state index contributed by atoms with van der Waals surface area (Å²) in [4.78, 5) is 26.6. The van der Waals surface area contributed by atoms with Crippen LogP contribution in [-0.4, -0.2) is 36.6 Å². The van der Waals surface area contributed by atoms with Gasteiger partial charge in [-0.2, -0.15) is 0 Å². The molecule has 0 atom stereocenters. The Kier molecular flexibility index (Phi) is 5.46. The van der Waals surface area contributed by atoms with E-state index in [2.05, 4.69) is 5.32 Å². The molecule has 150 valence electrons. The Morgan fingerprint density at radius 2 is 1.86 bits per heavy atom. The van der Waals surface area contributed by atoms with Crippen LogP contribution in [0.25, 0.3) is 6.08 Å². The zero-order valence-corrected chi connectivity index (χ0v) is 15.8. The molecule has 7 heteroatoms. The van der Waals surface area contributed by atoms with Crippen LogP contribution in [0.15, 0.2) is 48.5 Å². The quantitative estimate of drug-likeness (QED) is 0.804. The van der Waals surface area contributed by atoms with E-state index in [0.29, 0.717) is 48.7 Å². The monoisotopic (exact) mass is 396 g/mol. The van der Waals surface area contributed by atoms with Gasteiger partial charge in [0.05, 0.1) is 0 Å². The summed E-state index contributed by atoms with van der Waals surface area (Å²) in [5.74, 6) is 0.593. The number of rotatable bonds is 4. The zero-order valence-electron chi connectivity index (χ0n) is 15.8. The zero-order chi connectivity index (χ0) is 20.2. The molecule has 1 saturated heterocycles. The van der Waals surface area contributed by atoms with Crippen LogP contribution in [0.5, 0.6) is 11.5 Å². The molecule has 6 nitrogen and oxygen atoms in total. The van der Waals surface area contributed by atoms with Crippen molar-refractivity contribution >= 4 is 23.6 Å². The summed E-state index contributed by atoms with van der Waals surface area (Å²) < 4.78 is 23.8. The number of anilines is 1. The van der Waals surface area contributed by atoms with E-state index in [-0.39, 0.29) is 30.3 Å². The molecule has 2 aliphatic rings. The molecule has 29 heavy (non-hydrogen) atoms. The molecule has 0 saturated carbocycles. The van der Waals surface area contributed by atoms with Gasteiger partial charge in [-0.25, -0.2) is 4.39 Å². The van der Waals surface area contributed by atoms with E-state index in [1.807, 2.05) is 0 Å². The van der Waals surface area contributed by atoms with Crippen molar-refractivity contribution in [2.75, 3.05) is 25.2 Å². The molecular formula is C22H21FN2O4. The molecule has 2 amide bonds. The lowest BCUT2D eigenvalue weighted by Gasteiger charge is -2.30. The molecule has 0 bridgehead atoms. The van der Waals surface area contributed by atoms with E-state index in [4.69, 9.17) is 9.47 Å². The first-order valence-electron chi connectivity index (χ1n) is 9.51. The number of halogens is 1. The lowest BCUT2D eigenvalue weighted by atomic mass is 9.95. The van der Waals surface area contributed by atoms with Gasteiger partial charge in [0, 0.05) is 36.8 Å². The number of benzene rings is 2. The Labute approximate surface area is 167 Å². The second kappa shape index (κ2) is 8.34. The van der Waals surface area contributed by atoms with Crippen LogP contribution in [0.4, 0.5) is 10.1 Å². The normalized spacial score (nSPS) is 16.2. The molecule has 2 aliphatic heterocycles. The Morgan fingerprint density at radius 3 is 2.66 bits per heavy atom. The average Bonchev–Trinajstić information content (AvgIpc) is 3.20. The number of nitrogens with zero attached hydrogens (tertiary/aromatic N) is 1. The molecule has 0 aliphatic carbocycles. The highest BCUT2D eigenvalue weighted by atomic mass is 19.1. The van der Waals surface area contributed by atoms with Crippen molar-refractivity contribution < 1.29 is 23.5 Å². The standard InChI is InChI=1S/C22H21FN2O4/c23-17-3-1-2-15(12-17)4-7-21(26)25-10-8-16(9-11-25)22(27)24-18-5-6-19-20(13-18)29-14-28-19/h1-7,12-13,16H,8-11,14H2,(H,24,27)/b7-4+. The van der Waals surface area contributed by atoms with Gasteiger partial charge in [0.1, 0.15) is 5.82 Å². The fourth-order valence-corrected chi connectivity index (χ4v) is 3.46. The van der Waals surface area contributed by atoms with Crippen LogP contribution in [0, 0.1) is 11.7 Å². The minimum Gasteiger partial charge on any atom is -0.454 e. The topological polar surface area (TPSA) is 67.9 Å². The maximum Gasteiger partial charge on any atom is 0.246 e. The molecule has 0 aromatic heterocycles. The number of hydrogen-bond donors (Lipinski definition) is 1. The molecule has 0 unspecified atom stereocenters. The third-order valence-electron chi connectivity index (χ3n) is 5.08. The molecular weight excluding hydrogens is 375 g/mol. The summed E-state index contributed by atoms with van der Waals surface area (Å²) in [6.07, 6.45) is 4.23. The van der Waals surface area contributed by atoms with Crippen molar-refractivity contribution in [3.63, 3.8) is 0 Å². The molecule has 2 aromatic carbocycles. The molecule has 2 heterocycles. The van der Waals surface area contributed by atoms with Gasteiger partial charge in [-0.15, -0.1) is 0 Å². The largest absolute Gasteiger partial charge is 0.454 e. The SMILES string of the molecule is O=C(Nc1ccc2c(c1)OCO2)C1CCN(C(=O)/C=C/c2cccc(F)c2)CC1. The number of amides is 2. The van der Waals surface area contributed by atoms with E-state index in [1.165, 1.54) is 18.2 Å². The minimum absolute atomic E-state index is 0.0636. The summed E-state index contributed by atoms with van der Waals surface area (Å²) >= 11 is 0. The molecule has 0 radical (unpaired) electrons. The van der Waals surface area contributed by atoms with Crippen molar-refractivity contribution in [1.82, 2.24) is 4.90 Å². The van der Waals surface area contributed by atoms with Gasteiger partial charge in [-0.1, -0.05) is 12.1 Å². The number of carbonyl (C=O) groups excluding carboxylic acids is 2. The molecule has 4 rings (SSSR count). The van der Waals surface area contributed by atoms with Crippen molar-refractivity contribution in [3.8, 4) is 11.5 Å². The second-order valence-electron chi connectivity index (χ2n) is 7.05. The summed E-state index contributed by atoms with van der Waals surface area (Å²) in [5.41, 5.74) is 1.30. The van der Waals surface area contributed by atoms with Crippen LogP contribution >= 0.6 is 0 Å². The van der Waals surface area contributed by atoms with Gasteiger partial charge in [0.2, 0.25) is 18.6 Å². The Balaban J connectivity index is 1.28. The summed E-state index contributed by atoms with van der Waals surface area (Å²) in [7, 11) is 0. The molecule has 0 spiro atoms. The maximum absolute atomic E-state index is 13.2. The average molecular weight is 396 g/mol. The molecule has 1 fully saturated rings. The fraction of sp³-hybridized carbons (Fsp3) is 0.273. The van der Waals surface area contributed by atoms with Crippen molar-refractivity contribution in [2.45, 2.75) is 12.8 Å². The van der Waals surface area contributed by atoms with Gasteiger partial charge in [-0.3, -0.25) is 9.59 Å². The van der Waals surface area contributed by atoms with E-state index in [1.54, 1.807) is 41.3 Å². The number of likely N-dealkylation sites (tertiary alicyclic amines) is 1. The van der Waals surface area contributed by atoms with Gasteiger partial charge < -0.3 is 19.7 Å². The number of piperidine rings is 1. The van der Waals surface area contributed by atoms with E-state index in [0.717, 1.165) is 0 Å². The number of fused-ring (bicyclic) bond motifs is 1. The van der Waals surface area contributed by atoms with E-state index in [9.17, 15) is 14.0 Å². The second-order valence-corrected chi connectivity index (χ2v) is 7.05. The van der Waals surface area contributed by atoms with Gasteiger partial charge in [0.15, 0.2) is 11.5 Å².